The van der Waals surface area contributed by atoms with Gasteiger partial charge in [-0.15, -0.1) is 0 Å². The topological polar surface area (TPSA) is 70.8 Å². The van der Waals surface area contributed by atoms with Gasteiger partial charge in [0, 0.05) is 44.3 Å². The number of ether oxygens (including phenoxy) is 1. The standard InChI is InChI=1S/C14H21ClN4O2/c15-12-1-3-13(4-2-12)21-11-17-14(20)19-9-7-18(6-5-16)8-10-19/h1-4H,5-11,16H2,(H,17,20). The van der Waals surface area contributed by atoms with Gasteiger partial charge in [0.05, 0.1) is 0 Å². The third-order valence-electron chi connectivity index (χ3n) is 3.38. The fourth-order valence-electron chi connectivity index (χ4n) is 2.18. The molecule has 6 nitrogen and oxygen atoms in total. The Kier molecular flexibility index (Phi) is 6.10. The summed E-state index contributed by atoms with van der Waals surface area (Å²) in [6, 6.07) is 6.92. The van der Waals surface area contributed by atoms with Crippen molar-refractivity contribution in [1.82, 2.24) is 15.1 Å². The molecule has 0 aromatic heterocycles. The van der Waals surface area contributed by atoms with Crippen molar-refractivity contribution in [3.63, 3.8) is 0 Å². The van der Waals surface area contributed by atoms with Gasteiger partial charge in [-0.05, 0) is 24.3 Å². The van der Waals surface area contributed by atoms with Crippen molar-refractivity contribution in [3.05, 3.63) is 29.3 Å². The van der Waals surface area contributed by atoms with Crippen LogP contribution in [-0.2, 0) is 0 Å². The minimum atomic E-state index is -0.101. The number of halogens is 1. The predicted octanol–water partition coefficient (Wildman–Crippen LogP) is 0.962. The molecule has 0 spiro atoms. The average Bonchev–Trinajstić information content (AvgIpc) is 2.50. The number of rotatable bonds is 5. The lowest BCUT2D eigenvalue weighted by atomic mass is 10.3. The minimum Gasteiger partial charge on any atom is -0.473 e. The number of piperazine rings is 1. The van der Waals surface area contributed by atoms with Gasteiger partial charge in [0.25, 0.3) is 0 Å². The first-order valence-corrected chi connectivity index (χ1v) is 7.40. The lowest BCUT2D eigenvalue weighted by Gasteiger charge is -2.34. The molecule has 0 atom stereocenters. The van der Waals surface area contributed by atoms with Gasteiger partial charge in [-0.25, -0.2) is 4.79 Å². The highest BCUT2D eigenvalue weighted by Gasteiger charge is 2.20. The number of nitrogens with two attached hydrogens (primary N) is 1. The lowest BCUT2D eigenvalue weighted by molar-refractivity contribution is 0.135. The number of carbonyl (C=O) groups excluding carboxylic acids is 1. The van der Waals surface area contributed by atoms with Gasteiger partial charge in [-0.3, -0.25) is 4.90 Å². The molecule has 1 aromatic carbocycles. The summed E-state index contributed by atoms with van der Waals surface area (Å²) in [7, 11) is 0. The van der Waals surface area contributed by atoms with E-state index in [-0.39, 0.29) is 12.8 Å². The van der Waals surface area contributed by atoms with Gasteiger partial charge < -0.3 is 20.7 Å². The van der Waals surface area contributed by atoms with Crippen molar-refractivity contribution in [2.24, 2.45) is 5.73 Å². The molecule has 1 aromatic rings. The molecule has 3 N–H and O–H groups in total. The van der Waals surface area contributed by atoms with Gasteiger partial charge in [-0.1, -0.05) is 11.6 Å². The van der Waals surface area contributed by atoms with Crippen LogP contribution in [0.1, 0.15) is 0 Å². The van der Waals surface area contributed by atoms with E-state index < -0.39 is 0 Å². The molecule has 2 amide bonds. The quantitative estimate of drug-likeness (QED) is 0.795. The third-order valence-corrected chi connectivity index (χ3v) is 3.63. The average molecular weight is 313 g/mol. The van der Waals surface area contributed by atoms with Crippen LogP contribution >= 0.6 is 11.6 Å². The SMILES string of the molecule is NCCN1CCN(C(=O)NCOc2ccc(Cl)cc2)CC1. The summed E-state index contributed by atoms with van der Waals surface area (Å²) in [6.45, 7) is 4.84. The van der Waals surface area contributed by atoms with Crippen LogP contribution < -0.4 is 15.8 Å². The number of nitrogens with one attached hydrogen (secondary N) is 1. The Labute approximate surface area is 129 Å². The van der Waals surface area contributed by atoms with E-state index in [1.807, 2.05) is 0 Å². The van der Waals surface area contributed by atoms with E-state index >= 15 is 0 Å². The molecule has 7 heteroatoms. The molecule has 0 saturated carbocycles. The zero-order chi connectivity index (χ0) is 15.1. The Hall–Kier alpha value is -1.50. The summed E-state index contributed by atoms with van der Waals surface area (Å²) in [4.78, 5) is 16.0. The number of hydrogen-bond acceptors (Lipinski definition) is 4. The first-order chi connectivity index (χ1) is 10.2. The molecule has 0 bridgehead atoms. The highest BCUT2D eigenvalue weighted by molar-refractivity contribution is 6.30. The number of benzene rings is 1. The fraction of sp³-hybridized carbons (Fsp3) is 0.500. The van der Waals surface area contributed by atoms with E-state index in [1.165, 1.54) is 0 Å². The van der Waals surface area contributed by atoms with E-state index in [1.54, 1.807) is 29.2 Å². The van der Waals surface area contributed by atoms with Crippen LogP contribution in [0.2, 0.25) is 5.02 Å². The van der Waals surface area contributed by atoms with Crippen molar-refractivity contribution in [2.75, 3.05) is 46.0 Å². The van der Waals surface area contributed by atoms with E-state index in [9.17, 15) is 4.79 Å². The molecule has 1 heterocycles. The van der Waals surface area contributed by atoms with Crippen LogP contribution in [0.3, 0.4) is 0 Å². The molecule has 1 aliphatic rings. The summed E-state index contributed by atoms with van der Waals surface area (Å²) < 4.78 is 5.44. The highest BCUT2D eigenvalue weighted by Crippen LogP contribution is 2.15. The molecular weight excluding hydrogens is 292 g/mol. The molecule has 1 aliphatic heterocycles. The number of amides is 2. The van der Waals surface area contributed by atoms with Gasteiger partial charge in [0.15, 0.2) is 6.73 Å². The molecule has 2 rings (SSSR count). The summed E-state index contributed by atoms with van der Waals surface area (Å²) in [5.41, 5.74) is 5.52. The maximum Gasteiger partial charge on any atom is 0.320 e. The predicted molar refractivity (Wildman–Crippen MR) is 82.5 cm³/mol. The Morgan fingerprint density at radius 3 is 2.52 bits per heavy atom. The third kappa shape index (κ3) is 5.08. The molecule has 1 fully saturated rings. The van der Waals surface area contributed by atoms with Crippen LogP contribution in [-0.4, -0.2) is 61.8 Å². The monoisotopic (exact) mass is 312 g/mol. The van der Waals surface area contributed by atoms with E-state index in [4.69, 9.17) is 22.1 Å². The second-order valence-electron chi connectivity index (χ2n) is 4.84. The summed E-state index contributed by atoms with van der Waals surface area (Å²) >= 11 is 5.79. The second kappa shape index (κ2) is 8.07. The maximum atomic E-state index is 12.0. The largest absolute Gasteiger partial charge is 0.473 e. The Bertz CT molecular complexity index is 447. The Morgan fingerprint density at radius 2 is 1.90 bits per heavy atom. The fourth-order valence-corrected chi connectivity index (χ4v) is 2.31. The first kappa shape index (κ1) is 15.9. The summed E-state index contributed by atoms with van der Waals surface area (Å²) in [5, 5.41) is 3.41. The molecule has 1 saturated heterocycles. The van der Waals surface area contributed by atoms with Crippen LogP contribution in [0.25, 0.3) is 0 Å². The molecule has 0 radical (unpaired) electrons. The van der Waals surface area contributed by atoms with Gasteiger partial charge in [0.1, 0.15) is 5.75 Å². The number of nitrogens with zero attached hydrogens (tertiary/aromatic N) is 2. The molecule has 116 valence electrons. The molecular formula is C14H21ClN4O2. The van der Waals surface area contributed by atoms with E-state index in [2.05, 4.69) is 10.2 Å². The zero-order valence-corrected chi connectivity index (χ0v) is 12.7. The van der Waals surface area contributed by atoms with Crippen molar-refractivity contribution in [3.8, 4) is 5.75 Å². The van der Waals surface area contributed by atoms with E-state index in [0.29, 0.717) is 30.4 Å². The molecule has 21 heavy (non-hydrogen) atoms. The van der Waals surface area contributed by atoms with Crippen LogP contribution in [0.4, 0.5) is 4.79 Å². The smallest absolute Gasteiger partial charge is 0.320 e. The summed E-state index contributed by atoms with van der Waals surface area (Å²) in [5.74, 6) is 0.674. The summed E-state index contributed by atoms with van der Waals surface area (Å²) in [6.07, 6.45) is 0. The van der Waals surface area contributed by atoms with Gasteiger partial charge in [-0.2, -0.15) is 0 Å². The Balaban J connectivity index is 1.67. The normalized spacial score (nSPS) is 15.8. The molecule has 0 unspecified atom stereocenters. The lowest BCUT2D eigenvalue weighted by Crippen LogP contribution is -2.52. The van der Waals surface area contributed by atoms with Crippen molar-refractivity contribution in [1.29, 1.82) is 0 Å². The number of carbonyl (C=O) groups is 1. The van der Waals surface area contributed by atoms with Crippen LogP contribution in [0, 0.1) is 0 Å². The number of urea groups is 1. The first-order valence-electron chi connectivity index (χ1n) is 7.02. The minimum absolute atomic E-state index is 0.101. The molecule has 0 aliphatic carbocycles. The maximum absolute atomic E-state index is 12.0. The number of hydrogen-bond donors (Lipinski definition) is 2. The van der Waals surface area contributed by atoms with Gasteiger partial charge in [0.2, 0.25) is 0 Å². The van der Waals surface area contributed by atoms with Crippen molar-refractivity contribution in [2.45, 2.75) is 0 Å². The van der Waals surface area contributed by atoms with Crippen LogP contribution in [0.5, 0.6) is 5.75 Å². The zero-order valence-electron chi connectivity index (χ0n) is 11.9. The highest BCUT2D eigenvalue weighted by atomic mass is 35.5. The van der Waals surface area contributed by atoms with E-state index in [0.717, 1.165) is 19.6 Å². The second-order valence-corrected chi connectivity index (χ2v) is 5.28. The van der Waals surface area contributed by atoms with Crippen molar-refractivity contribution >= 4 is 17.6 Å². The Morgan fingerprint density at radius 1 is 1.24 bits per heavy atom. The van der Waals surface area contributed by atoms with Crippen LogP contribution in [0.15, 0.2) is 24.3 Å². The van der Waals surface area contributed by atoms with Gasteiger partial charge >= 0.3 is 6.03 Å². The van der Waals surface area contributed by atoms with Crippen molar-refractivity contribution < 1.29 is 9.53 Å².